The SMILES string of the molecule is Cc1ccc(S(=O)(=O)N(C)C)cc1-c1ccc(C[C@H](NC(=O)C2CCC(CNC(=O)OC(C)(C)C)CC2)C(=O)Nc2ccc(-c3nnc(Cl)[nH]3)cc2)cc1. The minimum atomic E-state index is -3.62. The number of nitrogens with one attached hydrogen (secondary N) is 4. The number of halogens is 1. The van der Waals surface area contributed by atoms with Crippen molar-refractivity contribution < 1.29 is 27.5 Å². The summed E-state index contributed by atoms with van der Waals surface area (Å²) < 4.78 is 32.2. The number of ether oxygens (including phenoxy) is 1. The monoisotopic (exact) mass is 777 g/mol. The zero-order valence-corrected chi connectivity index (χ0v) is 33.0. The van der Waals surface area contributed by atoms with Gasteiger partial charge in [0.2, 0.25) is 27.1 Å². The van der Waals surface area contributed by atoms with E-state index in [9.17, 15) is 22.8 Å². The molecule has 1 saturated carbocycles. The molecule has 54 heavy (non-hydrogen) atoms. The average molecular weight is 778 g/mol. The Hall–Kier alpha value is -4.79. The summed E-state index contributed by atoms with van der Waals surface area (Å²) in [6.45, 7) is 7.84. The van der Waals surface area contributed by atoms with Gasteiger partial charge in [0, 0.05) is 44.2 Å². The standard InChI is InChI=1S/C39H48ClN7O6S/c1-24-7-20-31(54(51,52)47(5)6)22-32(24)27-12-8-25(9-13-27)21-33(36(49)42-30-18-16-28(17-19-30)34-44-37(40)46-45-34)43-35(48)29-14-10-26(11-15-29)23-41-38(50)53-39(2,3)4/h7-9,12-13,16-20,22,26,29,33H,10-11,14-15,21,23H2,1-6H3,(H,41,50)(H,42,49)(H,43,48)(H,44,45,46)/t26?,29?,33-/m0/s1. The first-order chi connectivity index (χ1) is 25.5. The van der Waals surface area contributed by atoms with E-state index in [1.165, 1.54) is 18.4 Å². The number of rotatable bonds is 12. The second-order valence-corrected chi connectivity index (χ2v) is 17.4. The van der Waals surface area contributed by atoms with Crippen LogP contribution in [-0.2, 0) is 30.8 Å². The van der Waals surface area contributed by atoms with Crippen LogP contribution in [-0.4, -0.2) is 78.1 Å². The Balaban J connectivity index is 1.29. The Bertz CT molecular complexity index is 2050. The number of nitrogens with zero attached hydrogens (tertiary/aromatic N) is 3. The highest BCUT2D eigenvalue weighted by atomic mass is 35.5. The smallest absolute Gasteiger partial charge is 0.407 e. The van der Waals surface area contributed by atoms with Gasteiger partial charge in [-0.25, -0.2) is 17.5 Å². The predicted molar refractivity (Wildman–Crippen MR) is 208 cm³/mol. The highest BCUT2D eigenvalue weighted by molar-refractivity contribution is 7.89. The van der Waals surface area contributed by atoms with Gasteiger partial charge in [-0.1, -0.05) is 30.3 Å². The Labute approximate surface area is 321 Å². The Morgan fingerprint density at radius 3 is 2.19 bits per heavy atom. The van der Waals surface area contributed by atoms with Gasteiger partial charge < -0.3 is 25.7 Å². The summed E-state index contributed by atoms with van der Waals surface area (Å²) in [6.07, 6.45) is 2.53. The number of anilines is 1. The van der Waals surface area contributed by atoms with Crippen molar-refractivity contribution in [2.75, 3.05) is 26.0 Å². The summed E-state index contributed by atoms with van der Waals surface area (Å²) in [4.78, 5) is 42.7. The van der Waals surface area contributed by atoms with Crippen LogP contribution in [0.4, 0.5) is 10.5 Å². The van der Waals surface area contributed by atoms with E-state index in [2.05, 4.69) is 31.1 Å². The van der Waals surface area contributed by atoms with E-state index in [4.69, 9.17) is 16.3 Å². The molecule has 0 aliphatic heterocycles. The number of benzene rings is 3. The molecule has 5 rings (SSSR count). The van der Waals surface area contributed by atoms with E-state index in [-0.39, 0.29) is 40.3 Å². The minimum Gasteiger partial charge on any atom is -0.444 e. The summed E-state index contributed by atoms with van der Waals surface area (Å²) in [5.41, 5.74) is 4.01. The largest absolute Gasteiger partial charge is 0.444 e. The van der Waals surface area contributed by atoms with Crippen molar-refractivity contribution in [3.8, 4) is 22.5 Å². The van der Waals surface area contributed by atoms with Crippen molar-refractivity contribution >= 4 is 45.2 Å². The van der Waals surface area contributed by atoms with E-state index in [1.54, 1.807) is 42.5 Å². The molecule has 4 N–H and O–H groups in total. The topological polar surface area (TPSA) is 175 Å². The van der Waals surface area contributed by atoms with Crippen molar-refractivity contribution in [3.05, 3.63) is 83.1 Å². The van der Waals surface area contributed by atoms with Gasteiger partial charge in [0.25, 0.3) is 0 Å². The first-order valence-corrected chi connectivity index (χ1v) is 19.7. The van der Waals surface area contributed by atoms with Crippen LogP contribution < -0.4 is 16.0 Å². The van der Waals surface area contributed by atoms with Crippen LogP contribution in [0.2, 0.25) is 5.28 Å². The Morgan fingerprint density at radius 2 is 1.59 bits per heavy atom. The molecule has 0 radical (unpaired) electrons. The third-order valence-corrected chi connectivity index (χ3v) is 11.3. The van der Waals surface area contributed by atoms with Gasteiger partial charge in [-0.3, -0.25) is 9.59 Å². The maximum atomic E-state index is 13.8. The van der Waals surface area contributed by atoms with Crippen LogP contribution >= 0.6 is 11.6 Å². The van der Waals surface area contributed by atoms with Crippen LogP contribution in [0, 0.1) is 18.8 Å². The summed E-state index contributed by atoms with van der Waals surface area (Å²) in [5.74, 6) is -0.138. The summed E-state index contributed by atoms with van der Waals surface area (Å²) in [7, 11) is -0.629. The second kappa shape index (κ2) is 17.1. The molecular weight excluding hydrogens is 730 g/mol. The molecule has 1 heterocycles. The van der Waals surface area contributed by atoms with Gasteiger partial charge in [-0.15, -0.1) is 10.2 Å². The lowest BCUT2D eigenvalue weighted by Crippen LogP contribution is -2.48. The molecule has 15 heteroatoms. The van der Waals surface area contributed by atoms with Gasteiger partial charge in [0.15, 0.2) is 5.82 Å². The lowest BCUT2D eigenvalue weighted by atomic mass is 9.81. The zero-order valence-electron chi connectivity index (χ0n) is 31.4. The molecule has 288 valence electrons. The van der Waals surface area contributed by atoms with Crippen molar-refractivity contribution in [1.82, 2.24) is 30.1 Å². The maximum absolute atomic E-state index is 13.8. The molecule has 1 aliphatic rings. The predicted octanol–water partition coefficient (Wildman–Crippen LogP) is 6.35. The molecule has 0 saturated heterocycles. The number of hydrogen-bond acceptors (Lipinski definition) is 8. The average Bonchev–Trinajstić information content (AvgIpc) is 3.56. The van der Waals surface area contributed by atoms with Crippen molar-refractivity contribution in [1.29, 1.82) is 0 Å². The molecule has 0 unspecified atom stereocenters. The second-order valence-electron chi connectivity index (χ2n) is 14.9. The Morgan fingerprint density at radius 1 is 0.944 bits per heavy atom. The fourth-order valence-electron chi connectivity index (χ4n) is 6.32. The number of aromatic nitrogens is 3. The quantitative estimate of drug-likeness (QED) is 0.129. The summed E-state index contributed by atoms with van der Waals surface area (Å²) >= 11 is 5.88. The third-order valence-electron chi connectivity index (χ3n) is 9.36. The summed E-state index contributed by atoms with van der Waals surface area (Å²) in [6, 6.07) is 18.7. The third kappa shape index (κ3) is 10.7. The highest BCUT2D eigenvalue weighted by Crippen LogP contribution is 2.30. The van der Waals surface area contributed by atoms with Crippen LogP contribution in [0.15, 0.2) is 71.6 Å². The van der Waals surface area contributed by atoms with Gasteiger partial charge in [-0.05, 0) is 130 Å². The van der Waals surface area contributed by atoms with E-state index in [0.29, 0.717) is 30.9 Å². The maximum Gasteiger partial charge on any atom is 0.407 e. The number of carbonyl (C=O) groups is 3. The molecule has 3 amide bonds. The number of sulfonamides is 1. The Kier molecular flexibility index (Phi) is 12.8. The first-order valence-electron chi connectivity index (χ1n) is 17.9. The molecule has 13 nitrogen and oxygen atoms in total. The fourth-order valence-corrected chi connectivity index (χ4v) is 7.38. The van der Waals surface area contributed by atoms with Gasteiger partial charge in [-0.2, -0.15) is 0 Å². The van der Waals surface area contributed by atoms with E-state index >= 15 is 0 Å². The number of alkyl carbamates (subject to hydrolysis) is 1. The molecular formula is C39H48ClN7O6S. The normalized spacial score (nSPS) is 16.7. The van der Waals surface area contributed by atoms with E-state index < -0.39 is 27.8 Å². The summed E-state index contributed by atoms with van der Waals surface area (Å²) in [5, 5.41) is 16.7. The van der Waals surface area contributed by atoms with Crippen molar-refractivity contribution in [3.63, 3.8) is 0 Å². The van der Waals surface area contributed by atoms with Gasteiger partial charge in [0.1, 0.15) is 11.6 Å². The minimum absolute atomic E-state index is 0.167. The number of H-pyrrole nitrogens is 1. The van der Waals surface area contributed by atoms with Crippen LogP contribution in [0.25, 0.3) is 22.5 Å². The van der Waals surface area contributed by atoms with Crippen LogP contribution in [0.5, 0.6) is 0 Å². The van der Waals surface area contributed by atoms with Crippen LogP contribution in [0.3, 0.4) is 0 Å². The van der Waals surface area contributed by atoms with Crippen LogP contribution in [0.1, 0.15) is 57.6 Å². The number of aryl methyl sites for hydroxylation is 1. The first kappa shape index (κ1) is 40.4. The van der Waals surface area contributed by atoms with E-state index in [1.807, 2.05) is 52.0 Å². The number of hydrogen-bond donors (Lipinski definition) is 4. The number of amides is 3. The molecule has 3 aromatic carbocycles. The molecule has 1 aliphatic carbocycles. The van der Waals surface area contributed by atoms with E-state index in [0.717, 1.165) is 40.7 Å². The van der Waals surface area contributed by atoms with Gasteiger partial charge in [0.05, 0.1) is 4.90 Å². The number of aromatic amines is 1. The molecule has 0 spiro atoms. The molecule has 1 fully saturated rings. The lowest BCUT2D eigenvalue weighted by Gasteiger charge is -2.29. The molecule has 1 aromatic heterocycles. The lowest BCUT2D eigenvalue weighted by molar-refractivity contribution is -0.130. The van der Waals surface area contributed by atoms with Crippen molar-refractivity contribution in [2.24, 2.45) is 11.8 Å². The number of carbonyl (C=O) groups excluding carboxylic acids is 3. The molecule has 4 aromatic rings. The molecule has 0 bridgehead atoms. The highest BCUT2D eigenvalue weighted by Gasteiger charge is 2.30. The zero-order chi connectivity index (χ0) is 39.2. The van der Waals surface area contributed by atoms with Crippen molar-refractivity contribution in [2.45, 2.75) is 76.3 Å². The fraction of sp³-hybridized carbons (Fsp3) is 0.410. The molecule has 1 atom stereocenters. The van der Waals surface area contributed by atoms with Gasteiger partial charge >= 0.3 is 6.09 Å².